The highest BCUT2D eigenvalue weighted by atomic mass is 14.2. The van der Waals surface area contributed by atoms with Crippen molar-refractivity contribution in [1.82, 2.24) is 0 Å². The van der Waals surface area contributed by atoms with Crippen LogP contribution in [0.3, 0.4) is 0 Å². The molecule has 0 nitrogen and oxygen atoms in total. The van der Waals surface area contributed by atoms with Gasteiger partial charge in [-0.2, -0.15) is 0 Å². The van der Waals surface area contributed by atoms with Crippen LogP contribution in [0.4, 0.5) is 0 Å². The van der Waals surface area contributed by atoms with Crippen molar-refractivity contribution in [3.8, 4) is 33.4 Å². The van der Waals surface area contributed by atoms with Crippen LogP contribution in [0.25, 0.3) is 87.2 Å². The lowest BCUT2D eigenvalue weighted by Gasteiger charge is -2.19. The maximum Gasteiger partial charge on any atom is 0.0636 e. The van der Waals surface area contributed by atoms with Crippen LogP contribution >= 0.6 is 0 Å². The minimum atomic E-state index is -1.10. The Kier molecular flexibility index (Phi) is 2.18. The number of rotatable bonds is 3. The third-order valence-corrected chi connectivity index (χ3v) is 7.06. The van der Waals surface area contributed by atoms with E-state index in [-0.39, 0.29) is 0 Å². The molecule has 0 N–H and O–H groups in total. The van der Waals surface area contributed by atoms with E-state index in [1.165, 1.54) is 0 Å². The first-order valence-corrected chi connectivity index (χ1v) is 13.0. The van der Waals surface area contributed by atoms with Gasteiger partial charge in [-0.25, -0.2) is 0 Å². The van der Waals surface area contributed by atoms with Crippen LogP contribution in [0.2, 0.25) is 0 Å². The van der Waals surface area contributed by atoms with Crippen molar-refractivity contribution >= 4 is 53.9 Å². The van der Waals surface area contributed by atoms with Crippen molar-refractivity contribution in [2.45, 2.75) is 0 Å². The topological polar surface area (TPSA) is 0 Å². The summed E-state index contributed by atoms with van der Waals surface area (Å²) in [6.45, 7) is 0. The molecule has 0 aliphatic rings. The smallest absolute Gasteiger partial charge is 0.0622 e. The summed E-state index contributed by atoms with van der Waals surface area (Å²) in [6.07, 6.45) is 0. The third-order valence-electron chi connectivity index (χ3n) is 7.06. The molecule has 204 valence electrons. The Morgan fingerprint density at radius 3 is 1.52 bits per heavy atom. The molecule has 9 aromatic carbocycles. The first-order chi connectivity index (χ1) is 33.5. The molecule has 0 aromatic heterocycles. The van der Waals surface area contributed by atoms with E-state index in [2.05, 4.69) is 0 Å². The van der Waals surface area contributed by atoms with Crippen molar-refractivity contribution in [2.75, 3.05) is 0 Å². The predicted molar refractivity (Wildman–Crippen MR) is 190 cm³/mol. The molecule has 0 unspecified atom stereocenters. The van der Waals surface area contributed by atoms with E-state index in [9.17, 15) is 13.7 Å². The molecular weight excluding hydrogens is 528 g/mol. The zero-order valence-electron chi connectivity index (χ0n) is 50.0. The second-order valence-corrected chi connectivity index (χ2v) is 9.50. The highest BCUT2D eigenvalue weighted by molar-refractivity contribution is 6.23. The zero-order valence-corrected chi connectivity index (χ0v) is 22.0. The molecule has 0 saturated carbocycles. The van der Waals surface area contributed by atoms with Crippen LogP contribution in [0.1, 0.15) is 38.4 Å². The van der Waals surface area contributed by atoms with Crippen molar-refractivity contribution in [3.63, 3.8) is 0 Å². The minimum absolute atomic E-state index is 0.536. The maximum absolute atomic E-state index is 10.00. The van der Waals surface area contributed by atoms with Crippen LogP contribution in [-0.4, -0.2) is 0 Å². The quantitative estimate of drug-likeness (QED) is 0.143. The van der Waals surface area contributed by atoms with Gasteiger partial charge in [0.15, 0.2) is 0 Å². The lowest BCUT2D eigenvalue weighted by molar-refractivity contribution is 1.64. The SMILES string of the molecule is [2H]c1c([2H])c([2H])c(-c2c([2H])c([2H])c3c(-c4c([2H])c([2H])c5c([2H])c([2H])c([2H])c([2H])c5c4[2H])c4c([2H])c([2H])c([2H])c([2H])c4c(-c4c([2H])c([2H])c5c(c4[2H])c([2H])c([2H])c4c([2H])c([2H])c([2H])c([2H])c45)c3c2[2H])c([2H])c1[2H]. The van der Waals surface area contributed by atoms with Gasteiger partial charge in [-0.15, -0.1) is 0 Å². The first kappa shape index (κ1) is 9.64. The molecule has 0 fully saturated rings. The molecular formula is C44H28. The Morgan fingerprint density at radius 2 is 0.727 bits per heavy atom. The number of hydrogen-bond donors (Lipinski definition) is 0. The van der Waals surface area contributed by atoms with Gasteiger partial charge in [0, 0.05) is 0 Å². The molecule has 0 heteroatoms. The molecule has 0 aliphatic carbocycles. The molecule has 9 rings (SSSR count). The monoisotopic (exact) mass is 584 g/mol. The van der Waals surface area contributed by atoms with E-state index in [0.717, 1.165) is 0 Å². The van der Waals surface area contributed by atoms with Crippen molar-refractivity contribution < 1.29 is 38.4 Å². The average molecular weight is 585 g/mol. The highest BCUT2D eigenvalue weighted by Gasteiger charge is 2.18. The van der Waals surface area contributed by atoms with Gasteiger partial charge in [0.05, 0.1) is 38.4 Å². The van der Waals surface area contributed by atoms with E-state index >= 15 is 0 Å². The Bertz CT molecular complexity index is 4090. The van der Waals surface area contributed by atoms with Crippen molar-refractivity contribution in [1.29, 1.82) is 0 Å². The zero-order chi connectivity index (χ0) is 53.4. The standard InChI is InChI=1S/C44H28/c1-2-10-29(11-3-1)33-22-25-41-42(28-33)44(36-23-24-38-34(27-36)20-19-31-13-6-7-15-37(31)38)40-17-9-8-16-39(40)43(41)35-21-18-30-12-4-5-14-32(30)26-35/h1-28H/i1D,2D,3D,4D,5D,6D,7D,8D,9D,10D,11D,12D,13D,14D,15D,16D,17D,18D,19D,20D,21D,22D,23D,24D,25D,26D,27D,28D. The summed E-state index contributed by atoms with van der Waals surface area (Å²) >= 11 is 0. The van der Waals surface area contributed by atoms with Crippen LogP contribution in [0.15, 0.2) is 169 Å². The summed E-state index contributed by atoms with van der Waals surface area (Å²) in [7, 11) is 0. The van der Waals surface area contributed by atoms with Gasteiger partial charge in [0.2, 0.25) is 0 Å². The molecule has 0 saturated heterocycles. The molecule has 44 heavy (non-hydrogen) atoms. The van der Waals surface area contributed by atoms with E-state index in [1.807, 2.05) is 0 Å². The molecule has 9 aromatic rings. The van der Waals surface area contributed by atoms with Gasteiger partial charge in [-0.3, -0.25) is 0 Å². The highest BCUT2D eigenvalue weighted by Crippen LogP contribution is 2.46. The van der Waals surface area contributed by atoms with Gasteiger partial charge >= 0.3 is 0 Å². The van der Waals surface area contributed by atoms with Gasteiger partial charge in [0.25, 0.3) is 0 Å². The fourth-order valence-corrected chi connectivity index (χ4v) is 5.16. The fraction of sp³-hybridized carbons (Fsp3) is 0. The minimum Gasteiger partial charge on any atom is -0.0622 e. The summed E-state index contributed by atoms with van der Waals surface area (Å²) < 4.78 is 252. The van der Waals surface area contributed by atoms with Gasteiger partial charge < -0.3 is 0 Å². The molecule has 0 heterocycles. The number of fused-ring (bicyclic) bond motifs is 6. The first-order valence-electron chi connectivity index (χ1n) is 27.0. The Hall–Kier alpha value is -5.72. The van der Waals surface area contributed by atoms with E-state index in [4.69, 9.17) is 24.7 Å². The molecule has 0 amide bonds. The average Bonchev–Trinajstić information content (AvgIpc) is 3.34. The summed E-state index contributed by atoms with van der Waals surface area (Å²) in [6, 6.07) is -26.7. The van der Waals surface area contributed by atoms with Crippen LogP contribution in [0.5, 0.6) is 0 Å². The molecule has 0 atom stereocenters. The number of hydrogen-bond acceptors (Lipinski definition) is 0. The normalized spacial score (nSPS) is 20.5. The number of benzene rings is 9. The largest absolute Gasteiger partial charge is 0.0636 e. The summed E-state index contributed by atoms with van der Waals surface area (Å²) in [5, 5.41) is -6.90. The molecule has 0 aliphatic heterocycles. The summed E-state index contributed by atoms with van der Waals surface area (Å²) in [5.41, 5.74) is -5.04. The molecule has 0 spiro atoms. The van der Waals surface area contributed by atoms with Crippen molar-refractivity contribution in [3.05, 3.63) is 169 Å². The van der Waals surface area contributed by atoms with E-state index in [1.54, 1.807) is 0 Å². The second kappa shape index (κ2) is 9.93. The lowest BCUT2D eigenvalue weighted by atomic mass is 9.84. The second-order valence-electron chi connectivity index (χ2n) is 9.50. The van der Waals surface area contributed by atoms with Gasteiger partial charge in [-0.1, -0.05) is 151 Å². The van der Waals surface area contributed by atoms with Crippen LogP contribution in [0, 0.1) is 0 Å². The van der Waals surface area contributed by atoms with Gasteiger partial charge in [0.1, 0.15) is 0 Å². The lowest BCUT2D eigenvalue weighted by Crippen LogP contribution is -1.92. The molecule has 0 bridgehead atoms. The van der Waals surface area contributed by atoms with E-state index < -0.39 is 256 Å². The van der Waals surface area contributed by atoms with E-state index in [0.29, 0.717) is 0 Å². The Balaban J connectivity index is 1.69. The van der Waals surface area contributed by atoms with Crippen LogP contribution in [-0.2, 0) is 0 Å². The Morgan fingerprint density at radius 1 is 0.250 bits per heavy atom. The molecule has 0 radical (unpaired) electrons. The van der Waals surface area contributed by atoms with Crippen LogP contribution < -0.4 is 0 Å². The summed E-state index contributed by atoms with van der Waals surface area (Å²) in [4.78, 5) is 0. The maximum atomic E-state index is 10.00. The summed E-state index contributed by atoms with van der Waals surface area (Å²) in [5.74, 6) is 0. The fourth-order valence-electron chi connectivity index (χ4n) is 5.16. The predicted octanol–water partition coefficient (Wildman–Crippen LogP) is 12.5. The third kappa shape index (κ3) is 3.92. The van der Waals surface area contributed by atoms with Gasteiger partial charge in [-0.05, 0) is 105 Å². The Labute approximate surface area is 295 Å². The van der Waals surface area contributed by atoms with Crippen molar-refractivity contribution in [2.24, 2.45) is 0 Å².